The van der Waals surface area contributed by atoms with Gasteiger partial charge in [0.15, 0.2) is 0 Å². The molecule has 0 bridgehead atoms. The predicted molar refractivity (Wildman–Crippen MR) is 94.1 cm³/mol. The lowest BCUT2D eigenvalue weighted by Crippen LogP contribution is -2.23. The van der Waals surface area contributed by atoms with Gasteiger partial charge in [0.25, 0.3) is 0 Å². The minimum absolute atomic E-state index is 0.00515. The van der Waals surface area contributed by atoms with Gasteiger partial charge in [-0.05, 0) is 49.2 Å². The van der Waals surface area contributed by atoms with E-state index in [0.29, 0.717) is 6.54 Å². The molecule has 1 heterocycles. The number of aliphatic hydroxyl groups excluding tert-OH is 1. The maximum Gasteiger partial charge on any atom is 0.339 e. The molecule has 0 amide bonds. The summed E-state index contributed by atoms with van der Waals surface area (Å²) in [7, 11) is 0. The van der Waals surface area contributed by atoms with Gasteiger partial charge in [-0.15, -0.1) is 0 Å². The first-order chi connectivity index (χ1) is 12.0. The third kappa shape index (κ3) is 3.64. The molecule has 25 heavy (non-hydrogen) atoms. The van der Waals surface area contributed by atoms with E-state index in [2.05, 4.69) is 4.98 Å². The van der Waals surface area contributed by atoms with Crippen LogP contribution < -0.4 is 4.74 Å². The van der Waals surface area contributed by atoms with Crippen LogP contribution in [0.2, 0.25) is 0 Å². The van der Waals surface area contributed by atoms with E-state index in [1.54, 1.807) is 24.5 Å². The number of fused-ring (bicyclic) bond motifs is 1. The maximum atomic E-state index is 11.2. The lowest BCUT2D eigenvalue weighted by atomic mass is 10.1. The molecule has 3 aromatic rings. The minimum atomic E-state index is -1.06. The number of aryl methyl sites for hydroxylation is 2. The lowest BCUT2D eigenvalue weighted by Gasteiger charge is -2.15. The Balaban J connectivity index is 1.70. The standard InChI is InChI=1S/C19H20N2O4/c1-12-7-16-17(8-13(12)2)21(11-20-16)9-14(22)10-25-18-6-4-3-5-15(18)19(23)24/h3-8,11,14,22H,9-10H2,1-2H3,(H,23,24). The number of imidazole rings is 1. The van der Waals surface area contributed by atoms with Crippen molar-refractivity contribution in [2.75, 3.05) is 6.61 Å². The smallest absolute Gasteiger partial charge is 0.339 e. The normalized spacial score (nSPS) is 12.3. The van der Waals surface area contributed by atoms with Crippen molar-refractivity contribution >= 4 is 17.0 Å². The van der Waals surface area contributed by atoms with Crippen LogP contribution in [0.1, 0.15) is 21.5 Å². The summed E-state index contributed by atoms with van der Waals surface area (Å²) in [4.78, 5) is 15.5. The zero-order chi connectivity index (χ0) is 18.0. The molecule has 6 heteroatoms. The Labute approximate surface area is 145 Å². The summed E-state index contributed by atoms with van der Waals surface area (Å²) >= 11 is 0. The number of carboxylic acid groups (broad SMARTS) is 1. The fraction of sp³-hybridized carbons (Fsp3) is 0.263. The number of carbonyl (C=O) groups is 1. The van der Waals surface area contributed by atoms with E-state index >= 15 is 0 Å². The summed E-state index contributed by atoms with van der Waals surface area (Å²) < 4.78 is 7.37. The van der Waals surface area contributed by atoms with Crippen LogP contribution in [0.25, 0.3) is 11.0 Å². The molecule has 2 aromatic carbocycles. The predicted octanol–water partition coefficient (Wildman–Crippen LogP) is 2.79. The van der Waals surface area contributed by atoms with E-state index in [4.69, 9.17) is 9.84 Å². The van der Waals surface area contributed by atoms with Crippen LogP contribution >= 0.6 is 0 Å². The third-order valence-electron chi connectivity index (χ3n) is 4.19. The minimum Gasteiger partial charge on any atom is -0.490 e. The fourth-order valence-corrected chi connectivity index (χ4v) is 2.69. The molecule has 0 aliphatic heterocycles. The van der Waals surface area contributed by atoms with Crippen molar-refractivity contribution in [3.8, 4) is 5.75 Å². The number of hydrogen-bond donors (Lipinski definition) is 2. The monoisotopic (exact) mass is 340 g/mol. The van der Waals surface area contributed by atoms with Crippen molar-refractivity contribution < 1.29 is 19.7 Å². The molecule has 0 spiro atoms. The Bertz CT molecular complexity index is 917. The van der Waals surface area contributed by atoms with Gasteiger partial charge in [-0.3, -0.25) is 0 Å². The molecule has 3 rings (SSSR count). The molecular weight excluding hydrogens is 320 g/mol. The van der Waals surface area contributed by atoms with Gasteiger partial charge in [-0.1, -0.05) is 12.1 Å². The van der Waals surface area contributed by atoms with Crippen LogP contribution in [0.5, 0.6) is 5.75 Å². The zero-order valence-corrected chi connectivity index (χ0v) is 14.1. The second-order valence-electron chi connectivity index (χ2n) is 6.09. The van der Waals surface area contributed by atoms with Crippen molar-refractivity contribution in [1.82, 2.24) is 9.55 Å². The summed E-state index contributed by atoms with van der Waals surface area (Å²) in [5.41, 5.74) is 4.25. The van der Waals surface area contributed by atoms with Crippen LogP contribution in [0.3, 0.4) is 0 Å². The number of rotatable bonds is 6. The van der Waals surface area contributed by atoms with Gasteiger partial charge < -0.3 is 19.5 Å². The Morgan fingerprint density at radius 3 is 2.72 bits per heavy atom. The highest BCUT2D eigenvalue weighted by Crippen LogP contribution is 2.20. The second-order valence-corrected chi connectivity index (χ2v) is 6.09. The number of benzene rings is 2. The molecule has 1 atom stereocenters. The van der Waals surface area contributed by atoms with Gasteiger partial charge in [0, 0.05) is 0 Å². The first-order valence-electron chi connectivity index (χ1n) is 8.01. The first kappa shape index (κ1) is 17.0. The van der Waals surface area contributed by atoms with Crippen molar-refractivity contribution in [3.05, 3.63) is 59.4 Å². The number of aromatic carboxylic acids is 1. The molecule has 0 saturated heterocycles. The Morgan fingerprint density at radius 1 is 1.24 bits per heavy atom. The van der Waals surface area contributed by atoms with Crippen molar-refractivity contribution in [1.29, 1.82) is 0 Å². The lowest BCUT2D eigenvalue weighted by molar-refractivity contribution is 0.0678. The third-order valence-corrected chi connectivity index (χ3v) is 4.19. The summed E-state index contributed by atoms with van der Waals surface area (Å²) in [6, 6.07) is 10.4. The summed E-state index contributed by atoms with van der Waals surface area (Å²) in [6.07, 6.45) is 0.902. The maximum absolute atomic E-state index is 11.2. The van der Waals surface area contributed by atoms with Crippen molar-refractivity contribution in [3.63, 3.8) is 0 Å². The molecule has 130 valence electrons. The van der Waals surface area contributed by atoms with Crippen LogP contribution in [0.4, 0.5) is 0 Å². The second kappa shape index (κ2) is 6.94. The highest BCUT2D eigenvalue weighted by molar-refractivity contribution is 5.90. The molecule has 0 radical (unpaired) electrons. The largest absolute Gasteiger partial charge is 0.490 e. The number of para-hydroxylation sites is 1. The number of hydrogen-bond acceptors (Lipinski definition) is 4. The average molecular weight is 340 g/mol. The first-order valence-corrected chi connectivity index (χ1v) is 8.01. The zero-order valence-electron chi connectivity index (χ0n) is 14.1. The summed E-state index contributed by atoms with van der Waals surface area (Å²) in [5.74, 6) is -0.812. The molecule has 1 unspecified atom stereocenters. The Hall–Kier alpha value is -2.86. The van der Waals surface area contributed by atoms with Crippen molar-refractivity contribution in [2.24, 2.45) is 0 Å². The Morgan fingerprint density at radius 2 is 1.96 bits per heavy atom. The van der Waals surface area contributed by atoms with Crippen molar-refractivity contribution in [2.45, 2.75) is 26.5 Å². The van der Waals surface area contributed by atoms with Gasteiger partial charge in [0.2, 0.25) is 0 Å². The number of aliphatic hydroxyl groups is 1. The van der Waals surface area contributed by atoms with Gasteiger partial charge >= 0.3 is 5.97 Å². The van der Waals surface area contributed by atoms with Gasteiger partial charge in [0.05, 0.1) is 23.9 Å². The highest BCUT2D eigenvalue weighted by Gasteiger charge is 2.14. The molecule has 0 aliphatic carbocycles. The number of nitrogens with zero attached hydrogens (tertiary/aromatic N) is 2. The molecule has 6 nitrogen and oxygen atoms in total. The van der Waals surface area contributed by atoms with Crippen LogP contribution in [-0.4, -0.2) is 38.4 Å². The van der Waals surface area contributed by atoms with E-state index in [0.717, 1.165) is 16.6 Å². The molecule has 1 aromatic heterocycles. The Kier molecular flexibility index (Phi) is 4.72. The van der Waals surface area contributed by atoms with Crippen LogP contribution in [-0.2, 0) is 6.54 Å². The summed E-state index contributed by atoms with van der Waals surface area (Å²) in [5, 5.41) is 19.4. The van der Waals surface area contributed by atoms with E-state index in [1.807, 2.05) is 30.5 Å². The SMILES string of the molecule is Cc1cc2ncn(CC(O)COc3ccccc3C(=O)O)c2cc1C. The molecule has 0 aliphatic rings. The number of aromatic nitrogens is 2. The molecule has 0 fully saturated rings. The van der Waals surface area contributed by atoms with E-state index in [-0.39, 0.29) is 17.9 Å². The fourth-order valence-electron chi connectivity index (χ4n) is 2.69. The topological polar surface area (TPSA) is 84.6 Å². The van der Waals surface area contributed by atoms with Gasteiger partial charge in [0.1, 0.15) is 24.0 Å². The van der Waals surface area contributed by atoms with E-state index < -0.39 is 12.1 Å². The van der Waals surface area contributed by atoms with E-state index in [9.17, 15) is 9.90 Å². The number of carboxylic acids is 1. The quantitative estimate of drug-likeness (QED) is 0.721. The van der Waals surface area contributed by atoms with Gasteiger partial charge in [-0.25, -0.2) is 9.78 Å². The molecule has 0 saturated carbocycles. The van der Waals surface area contributed by atoms with Crippen LogP contribution in [0.15, 0.2) is 42.7 Å². The average Bonchev–Trinajstić information content (AvgIpc) is 2.95. The van der Waals surface area contributed by atoms with E-state index in [1.165, 1.54) is 11.6 Å². The van der Waals surface area contributed by atoms with Crippen LogP contribution in [0, 0.1) is 13.8 Å². The summed E-state index contributed by atoms with van der Waals surface area (Å²) in [6.45, 7) is 4.38. The number of ether oxygens (including phenoxy) is 1. The highest BCUT2D eigenvalue weighted by atomic mass is 16.5. The van der Waals surface area contributed by atoms with Gasteiger partial charge in [-0.2, -0.15) is 0 Å². The molecular formula is C19H20N2O4. The molecule has 2 N–H and O–H groups in total.